The quantitative estimate of drug-likeness (QED) is 0.729. The zero-order valence-corrected chi connectivity index (χ0v) is 12.6. The molecule has 2 aliphatic heterocycles. The molecule has 2 rings (SSSR count). The highest BCUT2D eigenvalue weighted by molar-refractivity contribution is 5.36. The van der Waals surface area contributed by atoms with Crippen molar-refractivity contribution in [3.05, 3.63) is 60.0 Å². The van der Waals surface area contributed by atoms with E-state index < -0.39 is 12.5 Å². The first-order chi connectivity index (χ1) is 10.1. The molecule has 0 bridgehead atoms. The van der Waals surface area contributed by atoms with Gasteiger partial charge < -0.3 is 4.90 Å². The van der Waals surface area contributed by atoms with Crippen molar-refractivity contribution in [2.75, 3.05) is 19.6 Å². The smallest absolute Gasteiger partial charge is 0.258 e. The van der Waals surface area contributed by atoms with Crippen LogP contribution in [0.25, 0.3) is 0 Å². The van der Waals surface area contributed by atoms with Gasteiger partial charge in [0, 0.05) is 31.5 Å². The molecule has 0 aromatic carbocycles. The summed E-state index contributed by atoms with van der Waals surface area (Å²) in [5, 5.41) is 0. The van der Waals surface area contributed by atoms with E-state index in [1.807, 2.05) is 43.2 Å². The van der Waals surface area contributed by atoms with E-state index in [-0.39, 0.29) is 0 Å². The summed E-state index contributed by atoms with van der Waals surface area (Å²) >= 11 is 0. The van der Waals surface area contributed by atoms with E-state index in [4.69, 9.17) is 0 Å². The maximum absolute atomic E-state index is 13.6. The Morgan fingerprint density at radius 2 is 2.10 bits per heavy atom. The zero-order chi connectivity index (χ0) is 15.4. The van der Waals surface area contributed by atoms with E-state index in [9.17, 15) is 8.78 Å². The average molecular weight is 292 g/mol. The lowest BCUT2D eigenvalue weighted by molar-refractivity contribution is 0.0356. The number of allylic oxidation sites excluding steroid dienone is 5. The van der Waals surface area contributed by atoms with Gasteiger partial charge in [-0.2, -0.15) is 0 Å². The van der Waals surface area contributed by atoms with Gasteiger partial charge in [0.15, 0.2) is 0 Å². The van der Waals surface area contributed by atoms with Crippen LogP contribution in [0.2, 0.25) is 0 Å². The number of piperazine rings is 1. The SMILES string of the molecule is C=C1C=CN2CCN(C(C(/C=C\C)=C/C)C(F)F)CC2=C1. The topological polar surface area (TPSA) is 6.48 Å². The van der Waals surface area contributed by atoms with Crippen molar-refractivity contribution in [3.8, 4) is 0 Å². The van der Waals surface area contributed by atoms with Gasteiger partial charge in [-0.3, -0.25) is 4.90 Å². The van der Waals surface area contributed by atoms with Crippen LogP contribution in [0.5, 0.6) is 0 Å². The lowest BCUT2D eigenvalue weighted by Crippen LogP contribution is -2.50. The Kier molecular flexibility index (Phi) is 5.12. The number of halogens is 2. The van der Waals surface area contributed by atoms with Crippen LogP contribution >= 0.6 is 0 Å². The van der Waals surface area contributed by atoms with Crippen molar-refractivity contribution in [2.24, 2.45) is 0 Å². The lowest BCUT2D eigenvalue weighted by Gasteiger charge is -2.41. The van der Waals surface area contributed by atoms with Crippen LogP contribution < -0.4 is 0 Å². The maximum Gasteiger partial charge on any atom is 0.258 e. The second kappa shape index (κ2) is 6.85. The summed E-state index contributed by atoms with van der Waals surface area (Å²) in [6.45, 7) is 9.44. The fourth-order valence-electron chi connectivity index (χ4n) is 2.82. The van der Waals surface area contributed by atoms with Crippen LogP contribution in [0.3, 0.4) is 0 Å². The van der Waals surface area contributed by atoms with Gasteiger partial charge in [0.2, 0.25) is 0 Å². The van der Waals surface area contributed by atoms with Gasteiger partial charge in [-0.25, -0.2) is 8.78 Å². The Bertz CT molecular complexity index is 515. The molecule has 4 heteroatoms. The van der Waals surface area contributed by atoms with E-state index in [1.165, 1.54) is 0 Å². The molecule has 0 aromatic rings. The van der Waals surface area contributed by atoms with Crippen LogP contribution in [0.1, 0.15) is 13.8 Å². The molecule has 0 N–H and O–H groups in total. The Morgan fingerprint density at radius 3 is 2.71 bits per heavy atom. The molecule has 2 heterocycles. The van der Waals surface area contributed by atoms with Crippen molar-refractivity contribution in [3.63, 3.8) is 0 Å². The highest BCUT2D eigenvalue weighted by Crippen LogP contribution is 2.27. The van der Waals surface area contributed by atoms with Gasteiger partial charge in [-0.05, 0) is 37.1 Å². The fourth-order valence-corrected chi connectivity index (χ4v) is 2.82. The monoisotopic (exact) mass is 292 g/mol. The van der Waals surface area contributed by atoms with E-state index in [2.05, 4.69) is 11.5 Å². The Labute approximate surface area is 125 Å². The van der Waals surface area contributed by atoms with Crippen molar-refractivity contribution in [2.45, 2.75) is 26.3 Å². The number of hydrogen-bond acceptors (Lipinski definition) is 2. The van der Waals surface area contributed by atoms with Gasteiger partial charge in [-0.1, -0.05) is 24.8 Å². The molecule has 21 heavy (non-hydrogen) atoms. The van der Waals surface area contributed by atoms with E-state index in [0.29, 0.717) is 18.7 Å². The van der Waals surface area contributed by atoms with E-state index >= 15 is 0 Å². The zero-order valence-electron chi connectivity index (χ0n) is 12.6. The van der Waals surface area contributed by atoms with Crippen molar-refractivity contribution >= 4 is 0 Å². The molecule has 1 unspecified atom stereocenters. The van der Waals surface area contributed by atoms with Crippen LogP contribution in [0, 0.1) is 0 Å². The van der Waals surface area contributed by atoms with Crippen LogP contribution in [-0.4, -0.2) is 41.9 Å². The number of alkyl halides is 2. The van der Waals surface area contributed by atoms with Crippen molar-refractivity contribution in [1.82, 2.24) is 9.80 Å². The molecule has 1 saturated heterocycles. The third-order valence-corrected chi connectivity index (χ3v) is 3.85. The second-order valence-corrected chi connectivity index (χ2v) is 5.26. The molecule has 0 radical (unpaired) electrons. The standard InChI is InChI=1S/C17H22F2N2/c1-4-6-14(5-2)16(17(18)19)21-10-9-20-8-7-13(3)11-15(20)12-21/h4-8,11,16-17H,3,9-10,12H2,1-2H3/b6-4-,14-5+. The fraction of sp³-hybridized carbons (Fsp3) is 0.412. The molecule has 114 valence electrons. The van der Waals surface area contributed by atoms with E-state index in [1.54, 1.807) is 12.2 Å². The van der Waals surface area contributed by atoms with Crippen LogP contribution in [-0.2, 0) is 0 Å². The van der Waals surface area contributed by atoms with E-state index in [0.717, 1.165) is 17.8 Å². The molecule has 2 aliphatic rings. The Balaban J connectivity index is 2.21. The number of nitrogens with zero attached hydrogens (tertiary/aromatic N) is 2. The summed E-state index contributed by atoms with van der Waals surface area (Å²) in [5.74, 6) is 0. The van der Waals surface area contributed by atoms with Crippen molar-refractivity contribution in [1.29, 1.82) is 0 Å². The molecule has 1 atom stereocenters. The molecular formula is C17H22F2N2. The Hall–Kier alpha value is -1.68. The summed E-state index contributed by atoms with van der Waals surface area (Å²) in [7, 11) is 0. The van der Waals surface area contributed by atoms with Gasteiger partial charge in [0.1, 0.15) is 0 Å². The second-order valence-electron chi connectivity index (χ2n) is 5.26. The van der Waals surface area contributed by atoms with Gasteiger partial charge in [-0.15, -0.1) is 0 Å². The molecule has 0 saturated carbocycles. The molecule has 2 nitrogen and oxygen atoms in total. The Morgan fingerprint density at radius 1 is 1.33 bits per heavy atom. The minimum Gasteiger partial charge on any atom is -0.349 e. The number of rotatable bonds is 4. The van der Waals surface area contributed by atoms with Crippen molar-refractivity contribution < 1.29 is 8.78 Å². The lowest BCUT2D eigenvalue weighted by atomic mass is 10.0. The molecular weight excluding hydrogens is 270 g/mol. The van der Waals surface area contributed by atoms with Gasteiger partial charge >= 0.3 is 0 Å². The molecule has 0 aliphatic carbocycles. The van der Waals surface area contributed by atoms with Gasteiger partial charge in [0.25, 0.3) is 6.43 Å². The first-order valence-electron chi connectivity index (χ1n) is 7.22. The third-order valence-electron chi connectivity index (χ3n) is 3.85. The summed E-state index contributed by atoms with van der Waals surface area (Å²) in [6, 6.07) is -0.853. The average Bonchev–Trinajstić information content (AvgIpc) is 2.45. The van der Waals surface area contributed by atoms with Crippen LogP contribution in [0.4, 0.5) is 8.78 Å². The highest BCUT2D eigenvalue weighted by Gasteiger charge is 2.33. The molecule has 0 spiro atoms. The van der Waals surface area contributed by atoms with Crippen LogP contribution in [0.15, 0.2) is 60.0 Å². The first kappa shape index (κ1) is 15.7. The minimum absolute atomic E-state index is 0.521. The minimum atomic E-state index is -2.40. The van der Waals surface area contributed by atoms with Gasteiger partial charge in [0.05, 0.1) is 6.04 Å². The predicted molar refractivity (Wildman–Crippen MR) is 83.0 cm³/mol. The summed E-state index contributed by atoms with van der Waals surface area (Å²) < 4.78 is 27.1. The predicted octanol–water partition coefficient (Wildman–Crippen LogP) is 3.73. The largest absolute Gasteiger partial charge is 0.349 e. The first-order valence-corrected chi connectivity index (χ1v) is 7.22. The maximum atomic E-state index is 13.6. The number of fused-ring (bicyclic) bond motifs is 1. The summed E-state index contributed by atoms with van der Waals surface area (Å²) in [4.78, 5) is 3.97. The molecule has 0 aromatic heterocycles. The third kappa shape index (κ3) is 3.50. The molecule has 0 amide bonds. The summed E-state index contributed by atoms with van der Waals surface area (Å²) in [5.41, 5.74) is 2.62. The highest BCUT2D eigenvalue weighted by atomic mass is 19.3. The number of hydrogen-bond donors (Lipinski definition) is 0. The summed E-state index contributed by atoms with van der Waals surface area (Å²) in [6.07, 6.45) is 8.86. The molecule has 1 fully saturated rings. The normalized spacial score (nSPS) is 22.0.